The van der Waals surface area contributed by atoms with Crippen LogP contribution in [0.5, 0.6) is 0 Å². The molecule has 0 saturated carbocycles. The van der Waals surface area contributed by atoms with Crippen molar-refractivity contribution in [1.29, 1.82) is 5.26 Å². The van der Waals surface area contributed by atoms with Crippen LogP contribution in [-0.4, -0.2) is 12.5 Å². The Morgan fingerprint density at radius 2 is 2.05 bits per heavy atom. The van der Waals surface area contributed by atoms with Gasteiger partial charge in [-0.15, -0.1) is 0 Å². The summed E-state index contributed by atoms with van der Waals surface area (Å²) in [5.41, 5.74) is 3.73. The first-order valence-corrected chi connectivity index (χ1v) is 6.69. The number of carbonyl (C=O) groups is 1. The van der Waals surface area contributed by atoms with E-state index >= 15 is 0 Å². The summed E-state index contributed by atoms with van der Waals surface area (Å²) in [7, 11) is 0. The van der Waals surface area contributed by atoms with Gasteiger partial charge in [0.2, 0.25) is 5.91 Å². The fourth-order valence-electron chi connectivity index (χ4n) is 2.07. The topological polar surface area (TPSA) is 52.9 Å². The lowest BCUT2D eigenvalue weighted by molar-refractivity contribution is -0.124. The lowest BCUT2D eigenvalue weighted by Crippen LogP contribution is -2.34. The van der Waals surface area contributed by atoms with Crippen molar-refractivity contribution in [2.75, 3.05) is 6.54 Å². The zero-order valence-electron chi connectivity index (χ0n) is 12.2. The van der Waals surface area contributed by atoms with Gasteiger partial charge in [0.05, 0.1) is 6.07 Å². The molecule has 0 spiro atoms. The molecule has 0 heterocycles. The second-order valence-electron chi connectivity index (χ2n) is 5.32. The monoisotopic (exact) mass is 258 g/mol. The van der Waals surface area contributed by atoms with Crippen LogP contribution in [0.2, 0.25) is 0 Å². The van der Waals surface area contributed by atoms with Gasteiger partial charge in [-0.05, 0) is 37.3 Å². The first kappa shape index (κ1) is 15.2. The molecule has 19 heavy (non-hydrogen) atoms. The van der Waals surface area contributed by atoms with Crippen molar-refractivity contribution < 1.29 is 4.79 Å². The summed E-state index contributed by atoms with van der Waals surface area (Å²) in [5, 5.41) is 11.8. The van der Waals surface area contributed by atoms with Gasteiger partial charge in [0.15, 0.2) is 0 Å². The molecule has 0 aromatic heterocycles. The highest BCUT2D eigenvalue weighted by molar-refractivity contribution is 5.81. The molecular formula is C16H22N2O. The Morgan fingerprint density at radius 1 is 1.37 bits per heavy atom. The Labute approximate surface area is 115 Å². The first-order chi connectivity index (χ1) is 8.95. The van der Waals surface area contributed by atoms with E-state index in [0.29, 0.717) is 6.54 Å². The molecule has 0 saturated heterocycles. The van der Waals surface area contributed by atoms with Crippen LogP contribution in [0.4, 0.5) is 0 Å². The van der Waals surface area contributed by atoms with Crippen LogP contribution in [0.15, 0.2) is 18.2 Å². The average molecular weight is 258 g/mol. The zero-order valence-corrected chi connectivity index (χ0v) is 12.2. The van der Waals surface area contributed by atoms with E-state index in [0.717, 1.165) is 6.42 Å². The van der Waals surface area contributed by atoms with E-state index in [1.165, 1.54) is 16.7 Å². The van der Waals surface area contributed by atoms with Crippen LogP contribution < -0.4 is 5.32 Å². The molecule has 0 aliphatic rings. The number of aryl methyl sites for hydroxylation is 2. The Hall–Kier alpha value is -1.82. The third-order valence-corrected chi connectivity index (χ3v) is 3.28. The molecule has 1 unspecified atom stereocenters. The number of nitrogens with one attached hydrogen (secondary N) is 1. The van der Waals surface area contributed by atoms with Gasteiger partial charge in [-0.25, -0.2) is 0 Å². The second-order valence-corrected chi connectivity index (χ2v) is 5.32. The molecule has 0 aliphatic carbocycles. The molecule has 1 rings (SSSR count). The maximum atomic E-state index is 11.8. The van der Waals surface area contributed by atoms with Crippen molar-refractivity contribution in [1.82, 2.24) is 5.32 Å². The van der Waals surface area contributed by atoms with Gasteiger partial charge in [-0.3, -0.25) is 4.79 Å². The maximum Gasteiger partial charge on any atom is 0.237 e. The van der Waals surface area contributed by atoms with Crippen LogP contribution in [0, 0.1) is 37.0 Å². The summed E-state index contributed by atoms with van der Waals surface area (Å²) in [4.78, 5) is 11.8. The van der Waals surface area contributed by atoms with Gasteiger partial charge in [0, 0.05) is 6.54 Å². The molecule has 102 valence electrons. The van der Waals surface area contributed by atoms with E-state index in [4.69, 9.17) is 5.26 Å². The molecule has 0 fully saturated rings. The van der Waals surface area contributed by atoms with E-state index < -0.39 is 5.92 Å². The maximum absolute atomic E-state index is 11.8. The predicted molar refractivity (Wildman–Crippen MR) is 76.6 cm³/mol. The number of carbonyl (C=O) groups excluding carboxylic acids is 1. The molecule has 1 aromatic carbocycles. The SMILES string of the molecule is Cc1ccc(CCNC(=O)C(C#N)C(C)C)c(C)c1. The predicted octanol–water partition coefficient (Wildman–Crippen LogP) is 2.76. The Morgan fingerprint density at radius 3 is 2.58 bits per heavy atom. The lowest BCUT2D eigenvalue weighted by atomic mass is 9.96. The van der Waals surface area contributed by atoms with E-state index in [9.17, 15) is 4.79 Å². The summed E-state index contributed by atoms with van der Waals surface area (Å²) >= 11 is 0. The third kappa shape index (κ3) is 4.40. The summed E-state index contributed by atoms with van der Waals surface area (Å²) < 4.78 is 0. The molecule has 0 radical (unpaired) electrons. The number of hydrogen-bond acceptors (Lipinski definition) is 2. The molecule has 0 aliphatic heterocycles. The summed E-state index contributed by atoms with van der Waals surface area (Å²) in [6.07, 6.45) is 0.800. The van der Waals surface area contributed by atoms with Crippen LogP contribution >= 0.6 is 0 Å². The van der Waals surface area contributed by atoms with Crippen molar-refractivity contribution in [2.45, 2.75) is 34.1 Å². The second kappa shape index (κ2) is 6.94. The minimum atomic E-state index is -0.556. The summed E-state index contributed by atoms with van der Waals surface area (Å²) in [6.45, 7) is 8.50. The minimum Gasteiger partial charge on any atom is -0.355 e. The van der Waals surface area contributed by atoms with E-state index in [1.54, 1.807) is 0 Å². The summed E-state index contributed by atoms with van der Waals surface area (Å²) in [6, 6.07) is 8.38. The van der Waals surface area contributed by atoms with Gasteiger partial charge < -0.3 is 5.32 Å². The van der Waals surface area contributed by atoms with Gasteiger partial charge in [0.1, 0.15) is 5.92 Å². The number of rotatable bonds is 5. The largest absolute Gasteiger partial charge is 0.355 e. The molecule has 1 atom stereocenters. The third-order valence-electron chi connectivity index (χ3n) is 3.28. The van der Waals surface area contributed by atoms with Gasteiger partial charge in [-0.1, -0.05) is 37.6 Å². The van der Waals surface area contributed by atoms with Crippen molar-refractivity contribution in [3.05, 3.63) is 34.9 Å². The lowest BCUT2D eigenvalue weighted by Gasteiger charge is -2.13. The molecule has 1 N–H and O–H groups in total. The zero-order chi connectivity index (χ0) is 14.4. The average Bonchev–Trinajstić information content (AvgIpc) is 2.32. The van der Waals surface area contributed by atoms with Gasteiger partial charge in [-0.2, -0.15) is 5.26 Å². The van der Waals surface area contributed by atoms with Crippen LogP contribution in [-0.2, 0) is 11.2 Å². The molecule has 1 amide bonds. The Bertz CT molecular complexity index is 486. The van der Waals surface area contributed by atoms with Gasteiger partial charge in [0.25, 0.3) is 0 Å². The van der Waals surface area contributed by atoms with E-state index in [2.05, 4.69) is 43.4 Å². The molecule has 3 heteroatoms. The van der Waals surface area contributed by atoms with Crippen LogP contribution in [0.1, 0.15) is 30.5 Å². The molecular weight excluding hydrogens is 236 g/mol. The highest BCUT2D eigenvalue weighted by Gasteiger charge is 2.20. The number of nitrogens with zero attached hydrogens (tertiary/aromatic N) is 1. The smallest absolute Gasteiger partial charge is 0.237 e. The van der Waals surface area contributed by atoms with Crippen molar-refractivity contribution >= 4 is 5.91 Å². The van der Waals surface area contributed by atoms with Crippen molar-refractivity contribution in [3.8, 4) is 6.07 Å². The number of amides is 1. The van der Waals surface area contributed by atoms with Crippen molar-refractivity contribution in [3.63, 3.8) is 0 Å². The standard InChI is InChI=1S/C16H22N2O/c1-11(2)15(10-17)16(19)18-8-7-14-6-5-12(3)9-13(14)4/h5-6,9,11,15H,7-8H2,1-4H3,(H,18,19). The number of nitriles is 1. The quantitative estimate of drug-likeness (QED) is 0.883. The van der Waals surface area contributed by atoms with Crippen LogP contribution in [0.3, 0.4) is 0 Å². The Kier molecular flexibility index (Phi) is 5.57. The normalized spacial score (nSPS) is 12.0. The fraction of sp³-hybridized carbons (Fsp3) is 0.500. The van der Waals surface area contributed by atoms with Crippen LogP contribution in [0.25, 0.3) is 0 Å². The number of benzene rings is 1. The Balaban J connectivity index is 2.50. The van der Waals surface area contributed by atoms with E-state index in [1.807, 2.05) is 13.8 Å². The minimum absolute atomic E-state index is 0.0473. The highest BCUT2D eigenvalue weighted by Crippen LogP contribution is 2.12. The van der Waals surface area contributed by atoms with E-state index in [-0.39, 0.29) is 11.8 Å². The first-order valence-electron chi connectivity index (χ1n) is 6.69. The highest BCUT2D eigenvalue weighted by atomic mass is 16.1. The molecule has 3 nitrogen and oxygen atoms in total. The summed E-state index contributed by atoms with van der Waals surface area (Å²) in [5.74, 6) is -0.674. The number of hydrogen-bond donors (Lipinski definition) is 1. The van der Waals surface area contributed by atoms with Crippen molar-refractivity contribution in [2.24, 2.45) is 11.8 Å². The fourth-order valence-corrected chi connectivity index (χ4v) is 2.07. The molecule has 0 bridgehead atoms. The van der Waals surface area contributed by atoms with Gasteiger partial charge >= 0.3 is 0 Å². The molecule has 1 aromatic rings.